The molecule has 0 aliphatic heterocycles. The minimum Gasteiger partial charge on any atom is -0.383 e. The molecule has 1 aromatic carbocycles. The monoisotopic (exact) mass is 493 g/mol. The molecule has 0 aliphatic rings. The van der Waals surface area contributed by atoms with E-state index >= 15 is 0 Å². The summed E-state index contributed by atoms with van der Waals surface area (Å²) >= 11 is 7.44. The van der Waals surface area contributed by atoms with Crippen molar-refractivity contribution >= 4 is 51.8 Å². The number of anilines is 1. The summed E-state index contributed by atoms with van der Waals surface area (Å²) in [5, 5.41) is 23.4. The lowest BCUT2D eigenvalue weighted by atomic mass is 10.1. The molecule has 0 unspecified atom stereocenters. The van der Waals surface area contributed by atoms with Gasteiger partial charge < -0.3 is 15.4 Å². The van der Waals surface area contributed by atoms with Crippen molar-refractivity contribution in [3.8, 4) is 0 Å². The predicted molar refractivity (Wildman–Crippen MR) is 127 cm³/mol. The number of nitrogens with one attached hydrogen (secondary N) is 2. The third kappa shape index (κ3) is 6.30. The van der Waals surface area contributed by atoms with Gasteiger partial charge in [0.25, 0.3) is 11.6 Å². The second-order valence-corrected chi connectivity index (χ2v) is 9.20. The molecule has 33 heavy (non-hydrogen) atoms. The van der Waals surface area contributed by atoms with Gasteiger partial charge in [-0.15, -0.1) is 0 Å². The Morgan fingerprint density at radius 3 is 2.82 bits per heavy atom. The number of hydrogen-bond acceptors (Lipinski definition) is 9. The number of nitrogens with zero attached hydrogens (tertiary/aromatic N) is 5. The number of thioether (sulfide) groups is 1. The van der Waals surface area contributed by atoms with Gasteiger partial charge >= 0.3 is 0 Å². The number of nitro groups is 1. The van der Waals surface area contributed by atoms with Crippen LogP contribution in [0.2, 0.25) is 5.02 Å². The quantitative estimate of drug-likeness (QED) is 0.135. The summed E-state index contributed by atoms with van der Waals surface area (Å²) < 4.78 is 6.76. The lowest BCUT2D eigenvalue weighted by molar-refractivity contribution is -0.385. The number of carbonyl (C=O) groups excluding carboxylic acids is 1. The minimum absolute atomic E-state index is 0.0969. The van der Waals surface area contributed by atoms with Crippen LogP contribution in [0.1, 0.15) is 24.2 Å². The normalized spacial score (nSPS) is 11.2. The zero-order valence-corrected chi connectivity index (χ0v) is 19.9. The largest absolute Gasteiger partial charge is 0.383 e. The number of aromatic nitrogens is 4. The molecule has 3 aromatic rings. The van der Waals surface area contributed by atoms with Crippen molar-refractivity contribution in [3.05, 3.63) is 45.1 Å². The molecular formula is C20H24ClN7O4S. The Hall–Kier alpha value is -2.96. The fourth-order valence-corrected chi connectivity index (χ4v) is 3.87. The summed E-state index contributed by atoms with van der Waals surface area (Å²) in [6.07, 6.45) is 1.66. The maximum Gasteiger partial charge on any atom is 0.282 e. The van der Waals surface area contributed by atoms with Crippen LogP contribution in [0.15, 0.2) is 29.6 Å². The molecule has 3 rings (SSSR count). The lowest BCUT2D eigenvalue weighted by Crippen LogP contribution is -2.28. The van der Waals surface area contributed by atoms with Crippen LogP contribution in [-0.4, -0.2) is 62.6 Å². The Labute approximate surface area is 199 Å². The van der Waals surface area contributed by atoms with E-state index in [0.29, 0.717) is 41.6 Å². The van der Waals surface area contributed by atoms with Crippen molar-refractivity contribution in [1.82, 2.24) is 25.1 Å². The van der Waals surface area contributed by atoms with Gasteiger partial charge in [-0.1, -0.05) is 37.2 Å². The topological polar surface area (TPSA) is 137 Å². The number of methoxy groups -OCH3 is 1. The van der Waals surface area contributed by atoms with Crippen molar-refractivity contribution in [2.24, 2.45) is 0 Å². The number of fused-ring (bicyclic) bond motifs is 1. The molecule has 0 saturated carbocycles. The summed E-state index contributed by atoms with van der Waals surface area (Å²) in [7, 11) is 1.63. The highest BCUT2D eigenvalue weighted by molar-refractivity contribution is 7.99. The highest BCUT2D eigenvalue weighted by Crippen LogP contribution is 2.26. The summed E-state index contributed by atoms with van der Waals surface area (Å²) in [6.45, 7) is 5.70. The molecule has 0 fully saturated rings. The summed E-state index contributed by atoms with van der Waals surface area (Å²) in [5.41, 5.74) is 0.216. The van der Waals surface area contributed by atoms with Crippen LogP contribution in [0, 0.1) is 10.1 Å². The van der Waals surface area contributed by atoms with Crippen LogP contribution in [0.4, 0.5) is 11.5 Å². The van der Waals surface area contributed by atoms with Crippen LogP contribution >= 0.6 is 23.4 Å². The maximum atomic E-state index is 12.5. The van der Waals surface area contributed by atoms with Gasteiger partial charge in [0, 0.05) is 36.5 Å². The number of ether oxygens (including phenoxy) is 1. The maximum absolute atomic E-state index is 12.5. The van der Waals surface area contributed by atoms with E-state index < -0.39 is 10.8 Å². The zero-order chi connectivity index (χ0) is 24.0. The first-order valence-electron chi connectivity index (χ1n) is 10.1. The van der Waals surface area contributed by atoms with Crippen LogP contribution in [0.3, 0.4) is 0 Å². The number of benzene rings is 1. The standard InChI is InChI=1S/C20H24ClN7O4S/c1-12(2)33-20-25-17(22-7-9-32-3)15-11-24-27(18(15)26-20)8-6-23-19(29)14-10-13(21)4-5-16(14)28(30)31/h4-5,10-12H,6-9H2,1-3H3,(H,23,29)(H,22,25,26). The molecule has 11 nitrogen and oxygen atoms in total. The molecule has 2 heterocycles. The smallest absolute Gasteiger partial charge is 0.282 e. The van der Waals surface area contributed by atoms with E-state index in [1.54, 1.807) is 18.0 Å². The zero-order valence-electron chi connectivity index (χ0n) is 18.4. The Balaban J connectivity index is 1.78. The van der Waals surface area contributed by atoms with Crippen molar-refractivity contribution < 1.29 is 14.5 Å². The Morgan fingerprint density at radius 2 is 2.12 bits per heavy atom. The lowest BCUT2D eigenvalue weighted by Gasteiger charge is -2.11. The molecule has 13 heteroatoms. The summed E-state index contributed by atoms with van der Waals surface area (Å²) in [5.74, 6) is 0.0679. The summed E-state index contributed by atoms with van der Waals surface area (Å²) in [4.78, 5) is 32.4. The Bertz CT molecular complexity index is 1150. The van der Waals surface area contributed by atoms with E-state index in [9.17, 15) is 14.9 Å². The van der Waals surface area contributed by atoms with E-state index in [1.807, 2.05) is 0 Å². The van der Waals surface area contributed by atoms with Gasteiger partial charge in [-0.3, -0.25) is 14.9 Å². The fraction of sp³-hybridized carbons (Fsp3) is 0.400. The van der Waals surface area contributed by atoms with Crippen LogP contribution in [-0.2, 0) is 11.3 Å². The highest BCUT2D eigenvalue weighted by atomic mass is 35.5. The van der Waals surface area contributed by atoms with Crippen molar-refractivity contribution in [3.63, 3.8) is 0 Å². The molecule has 0 spiro atoms. The third-order valence-electron chi connectivity index (χ3n) is 4.42. The van der Waals surface area contributed by atoms with Crippen LogP contribution in [0.25, 0.3) is 11.0 Å². The van der Waals surface area contributed by atoms with Crippen molar-refractivity contribution in [1.29, 1.82) is 0 Å². The predicted octanol–water partition coefficient (Wildman–Crippen LogP) is 3.38. The fourth-order valence-electron chi connectivity index (χ4n) is 2.99. The first kappa shape index (κ1) is 24.7. The Kier molecular flexibility index (Phi) is 8.42. The SMILES string of the molecule is COCCNc1nc(SC(C)C)nc2c1cnn2CCNC(=O)c1cc(Cl)ccc1[N+](=O)[O-]. The number of hydrogen-bond donors (Lipinski definition) is 2. The third-order valence-corrected chi connectivity index (χ3v) is 5.52. The van der Waals surface area contributed by atoms with Crippen molar-refractivity contribution in [2.75, 3.05) is 32.1 Å². The first-order chi connectivity index (χ1) is 15.8. The average molecular weight is 494 g/mol. The average Bonchev–Trinajstić information content (AvgIpc) is 3.16. The number of rotatable bonds is 11. The van der Waals surface area contributed by atoms with Crippen LogP contribution in [0.5, 0.6) is 0 Å². The molecule has 0 saturated heterocycles. The number of nitro benzene ring substituents is 1. The summed E-state index contributed by atoms with van der Waals surface area (Å²) in [6, 6.07) is 3.86. The molecule has 0 aliphatic carbocycles. The molecule has 0 radical (unpaired) electrons. The first-order valence-corrected chi connectivity index (χ1v) is 11.4. The van der Waals surface area contributed by atoms with Gasteiger partial charge in [-0.05, 0) is 12.1 Å². The molecule has 2 aromatic heterocycles. The molecule has 2 N–H and O–H groups in total. The van der Waals surface area contributed by atoms with E-state index in [2.05, 4.69) is 39.5 Å². The van der Waals surface area contributed by atoms with Gasteiger partial charge in [0.05, 0.1) is 29.7 Å². The van der Waals surface area contributed by atoms with E-state index in [-0.39, 0.29) is 22.8 Å². The molecular weight excluding hydrogens is 470 g/mol. The highest BCUT2D eigenvalue weighted by Gasteiger charge is 2.20. The molecule has 0 atom stereocenters. The molecule has 0 bridgehead atoms. The Morgan fingerprint density at radius 1 is 1.33 bits per heavy atom. The second kappa shape index (κ2) is 11.3. The van der Waals surface area contributed by atoms with Crippen molar-refractivity contribution in [2.45, 2.75) is 30.8 Å². The van der Waals surface area contributed by atoms with Gasteiger partial charge in [-0.25, -0.2) is 14.6 Å². The van der Waals surface area contributed by atoms with E-state index in [0.717, 1.165) is 5.39 Å². The van der Waals surface area contributed by atoms with Crippen LogP contribution < -0.4 is 10.6 Å². The van der Waals surface area contributed by atoms with E-state index in [1.165, 1.54) is 30.0 Å². The van der Waals surface area contributed by atoms with Gasteiger partial charge in [-0.2, -0.15) is 5.10 Å². The molecule has 1 amide bonds. The van der Waals surface area contributed by atoms with Gasteiger partial charge in [0.1, 0.15) is 11.4 Å². The number of amides is 1. The van der Waals surface area contributed by atoms with Gasteiger partial charge in [0.2, 0.25) is 0 Å². The minimum atomic E-state index is -0.616. The molecule has 176 valence electrons. The van der Waals surface area contributed by atoms with E-state index in [4.69, 9.17) is 16.3 Å². The van der Waals surface area contributed by atoms with Gasteiger partial charge in [0.15, 0.2) is 10.8 Å². The number of halogens is 1. The second-order valence-electron chi connectivity index (χ2n) is 7.22. The number of carbonyl (C=O) groups is 1.